The van der Waals surface area contributed by atoms with Crippen molar-refractivity contribution < 1.29 is 9.72 Å². The summed E-state index contributed by atoms with van der Waals surface area (Å²) in [5.41, 5.74) is 4.20. The van der Waals surface area contributed by atoms with Crippen LogP contribution in [0.25, 0.3) is 0 Å². The van der Waals surface area contributed by atoms with Gasteiger partial charge in [0, 0.05) is 43.0 Å². The van der Waals surface area contributed by atoms with E-state index in [0.29, 0.717) is 6.54 Å². The van der Waals surface area contributed by atoms with Crippen LogP contribution in [-0.2, 0) is 11.3 Å². The molecule has 1 amide bonds. The average molecular weight is 415 g/mol. The first-order chi connectivity index (χ1) is 15.0. The smallest absolute Gasteiger partial charge is 0.269 e. The molecule has 0 aliphatic carbocycles. The van der Waals surface area contributed by atoms with Gasteiger partial charge >= 0.3 is 0 Å². The highest BCUT2D eigenvalue weighted by Crippen LogP contribution is 2.42. The highest BCUT2D eigenvalue weighted by Gasteiger charge is 2.35. The van der Waals surface area contributed by atoms with Crippen LogP contribution in [0.15, 0.2) is 78.9 Å². The third kappa shape index (κ3) is 4.14. The van der Waals surface area contributed by atoms with Crippen LogP contribution in [0.3, 0.4) is 0 Å². The van der Waals surface area contributed by atoms with Gasteiger partial charge in [-0.3, -0.25) is 14.9 Å². The summed E-state index contributed by atoms with van der Waals surface area (Å²) in [7, 11) is 0. The molecule has 4 rings (SSSR count). The fourth-order valence-corrected chi connectivity index (χ4v) is 4.42. The second-order valence-corrected chi connectivity index (χ2v) is 7.94. The first-order valence-corrected chi connectivity index (χ1v) is 10.4. The van der Waals surface area contributed by atoms with Crippen LogP contribution in [0.2, 0.25) is 0 Å². The topological polar surface area (TPSA) is 66.7 Å². The Morgan fingerprint density at radius 3 is 2.32 bits per heavy atom. The molecular formula is C25H25N3O3. The first-order valence-electron chi connectivity index (χ1n) is 10.4. The van der Waals surface area contributed by atoms with Crippen molar-refractivity contribution in [1.82, 2.24) is 0 Å². The lowest BCUT2D eigenvalue weighted by Crippen LogP contribution is -2.44. The molecule has 3 aromatic carbocycles. The Bertz CT molecular complexity index is 1080. The van der Waals surface area contributed by atoms with Gasteiger partial charge in [0.1, 0.15) is 0 Å². The summed E-state index contributed by atoms with van der Waals surface area (Å²) < 4.78 is 0. The van der Waals surface area contributed by atoms with Gasteiger partial charge in [0.15, 0.2) is 0 Å². The van der Waals surface area contributed by atoms with Gasteiger partial charge in [-0.2, -0.15) is 0 Å². The number of amides is 1. The van der Waals surface area contributed by atoms with E-state index in [1.165, 1.54) is 0 Å². The van der Waals surface area contributed by atoms with Gasteiger partial charge in [-0.05, 0) is 42.7 Å². The third-order valence-electron chi connectivity index (χ3n) is 5.89. The van der Waals surface area contributed by atoms with E-state index >= 15 is 0 Å². The minimum atomic E-state index is -0.382. The number of para-hydroxylation sites is 2. The summed E-state index contributed by atoms with van der Waals surface area (Å²) in [6, 6.07) is 24.8. The number of benzene rings is 3. The Hall–Kier alpha value is -3.67. The Morgan fingerprint density at radius 2 is 1.68 bits per heavy atom. The quantitative estimate of drug-likeness (QED) is 0.408. The van der Waals surface area contributed by atoms with Crippen LogP contribution in [0.4, 0.5) is 17.1 Å². The summed E-state index contributed by atoms with van der Waals surface area (Å²) in [5, 5.41) is 11.0. The highest BCUT2D eigenvalue weighted by atomic mass is 16.6. The molecule has 31 heavy (non-hydrogen) atoms. The van der Waals surface area contributed by atoms with Crippen molar-refractivity contribution in [2.75, 3.05) is 9.80 Å². The number of hydrogen-bond acceptors (Lipinski definition) is 4. The molecule has 0 fully saturated rings. The van der Waals surface area contributed by atoms with Gasteiger partial charge in [-0.25, -0.2) is 0 Å². The average Bonchev–Trinajstić information content (AvgIpc) is 2.77. The van der Waals surface area contributed by atoms with Gasteiger partial charge in [0.05, 0.1) is 11.0 Å². The fourth-order valence-electron chi connectivity index (χ4n) is 4.42. The molecule has 0 saturated carbocycles. The van der Waals surface area contributed by atoms with Crippen LogP contribution >= 0.6 is 0 Å². The summed E-state index contributed by atoms with van der Waals surface area (Å²) in [6.07, 6.45) is 0.790. The predicted molar refractivity (Wildman–Crippen MR) is 122 cm³/mol. The van der Waals surface area contributed by atoms with Crippen LogP contribution in [-0.4, -0.2) is 16.9 Å². The molecule has 1 aliphatic rings. The summed E-state index contributed by atoms with van der Waals surface area (Å²) in [5.74, 6) is 0.0158. The maximum atomic E-state index is 12.7. The maximum Gasteiger partial charge on any atom is 0.269 e. The van der Waals surface area contributed by atoms with Crippen LogP contribution in [0, 0.1) is 10.1 Å². The molecule has 1 aliphatic heterocycles. The lowest BCUT2D eigenvalue weighted by molar-refractivity contribution is -0.384. The van der Waals surface area contributed by atoms with E-state index in [1.807, 2.05) is 59.5 Å². The number of nitrogens with zero attached hydrogens (tertiary/aromatic N) is 3. The van der Waals surface area contributed by atoms with Crippen LogP contribution in [0.5, 0.6) is 0 Å². The van der Waals surface area contributed by atoms with Crippen molar-refractivity contribution in [3.8, 4) is 0 Å². The van der Waals surface area contributed by atoms with Gasteiger partial charge in [0.2, 0.25) is 5.91 Å². The SMILES string of the molecule is CC(=O)N(c1ccccc1)[C@@H]1C[C@H](C)N(Cc2ccc([N+](=O)[O-])cc2)c2ccccc21. The first kappa shape index (κ1) is 20.6. The van der Waals surface area contributed by atoms with E-state index in [2.05, 4.69) is 24.0 Å². The lowest BCUT2D eigenvalue weighted by Gasteiger charge is -2.44. The maximum absolute atomic E-state index is 12.7. The highest BCUT2D eigenvalue weighted by molar-refractivity contribution is 5.92. The second kappa shape index (κ2) is 8.60. The molecule has 0 saturated heterocycles. The number of nitro groups is 1. The molecule has 0 aromatic heterocycles. The summed E-state index contributed by atoms with van der Waals surface area (Å²) >= 11 is 0. The standard InChI is InChI=1S/C25H25N3O3/c1-18-16-25(27(19(2)29)21-8-4-3-5-9-21)23-10-6-7-11-24(23)26(18)17-20-12-14-22(15-13-20)28(30)31/h3-15,18,25H,16-17H2,1-2H3/t18-,25+/m0/s1. The normalized spacial score (nSPS) is 17.7. The molecule has 0 radical (unpaired) electrons. The van der Waals surface area contributed by atoms with Crippen LogP contribution in [0.1, 0.15) is 37.4 Å². The minimum absolute atomic E-state index is 0.0158. The van der Waals surface area contributed by atoms with Crippen molar-refractivity contribution in [3.63, 3.8) is 0 Å². The number of fused-ring (bicyclic) bond motifs is 1. The van der Waals surface area contributed by atoms with E-state index in [9.17, 15) is 14.9 Å². The Kier molecular flexibility index (Phi) is 5.71. The molecule has 2 atom stereocenters. The number of carbonyl (C=O) groups excluding carboxylic acids is 1. The zero-order valence-electron chi connectivity index (χ0n) is 17.6. The number of hydrogen-bond donors (Lipinski definition) is 0. The number of anilines is 2. The largest absolute Gasteiger partial charge is 0.364 e. The van der Waals surface area contributed by atoms with E-state index in [4.69, 9.17) is 0 Å². The summed E-state index contributed by atoms with van der Waals surface area (Å²) in [6.45, 7) is 4.43. The zero-order chi connectivity index (χ0) is 22.0. The van der Waals surface area contributed by atoms with E-state index in [0.717, 1.165) is 28.9 Å². The van der Waals surface area contributed by atoms with Gasteiger partial charge in [-0.15, -0.1) is 0 Å². The number of non-ortho nitro benzene ring substituents is 1. The minimum Gasteiger partial charge on any atom is -0.364 e. The predicted octanol–water partition coefficient (Wildman–Crippen LogP) is 5.49. The Labute approximate surface area is 181 Å². The van der Waals surface area contributed by atoms with E-state index in [-0.39, 0.29) is 28.6 Å². The fraction of sp³-hybridized carbons (Fsp3) is 0.240. The van der Waals surface area contributed by atoms with Crippen LogP contribution < -0.4 is 9.80 Å². The Balaban J connectivity index is 1.69. The molecule has 0 bridgehead atoms. The molecule has 0 N–H and O–H groups in total. The molecule has 6 nitrogen and oxygen atoms in total. The third-order valence-corrected chi connectivity index (χ3v) is 5.89. The molecule has 158 valence electrons. The van der Waals surface area contributed by atoms with Gasteiger partial charge in [0.25, 0.3) is 5.69 Å². The molecule has 1 heterocycles. The molecule has 6 heteroatoms. The number of nitro benzene ring substituents is 1. The second-order valence-electron chi connectivity index (χ2n) is 7.94. The van der Waals surface area contributed by atoms with E-state index < -0.39 is 0 Å². The molecule has 0 unspecified atom stereocenters. The number of rotatable bonds is 5. The Morgan fingerprint density at radius 1 is 1.03 bits per heavy atom. The lowest BCUT2D eigenvalue weighted by atomic mass is 9.89. The summed E-state index contributed by atoms with van der Waals surface area (Å²) in [4.78, 5) is 27.5. The van der Waals surface area contributed by atoms with Crippen molar-refractivity contribution in [3.05, 3.63) is 100 Å². The van der Waals surface area contributed by atoms with E-state index in [1.54, 1.807) is 19.1 Å². The van der Waals surface area contributed by atoms with Crippen molar-refractivity contribution in [2.24, 2.45) is 0 Å². The molecule has 0 spiro atoms. The van der Waals surface area contributed by atoms with Gasteiger partial charge < -0.3 is 9.80 Å². The monoisotopic (exact) mass is 415 g/mol. The van der Waals surface area contributed by atoms with Crippen molar-refractivity contribution >= 4 is 23.0 Å². The molecular weight excluding hydrogens is 390 g/mol. The van der Waals surface area contributed by atoms with Gasteiger partial charge in [-0.1, -0.05) is 48.5 Å². The molecule has 3 aromatic rings. The van der Waals surface area contributed by atoms with Crippen molar-refractivity contribution in [1.29, 1.82) is 0 Å². The van der Waals surface area contributed by atoms with Crippen molar-refractivity contribution in [2.45, 2.75) is 38.9 Å². The number of carbonyl (C=O) groups is 1. The zero-order valence-corrected chi connectivity index (χ0v) is 17.6.